The number of hydrogen-bond acceptors (Lipinski definition) is 3. The number of imidazole rings is 1. The fourth-order valence-electron chi connectivity index (χ4n) is 2.05. The molecule has 4 heteroatoms. The van der Waals surface area contributed by atoms with E-state index in [1.54, 1.807) is 7.11 Å². The summed E-state index contributed by atoms with van der Waals surface area (Å²) in [5, 5.41) is 0. The molecule has 0 amide bonds. The Morgan fingerprint density at radius 1 is 1.41 bits per heavy atom. The number of ether oxygens (including phenoxy) is 1. The second-order valence-electron chi connectivity index (χ2n) is 4.91. The molecule has 0 bridgehead atoms. The molecule has 17 heavy (non-hydrogen) atoms. The van der Waals surface area contributed by atoms with Crippen LogP contribution >= 0.6 is 0 Å². The van der Waals surface area contributed by atoms with Crippen LogP contribution < -0.4 is 10.5 Å². The van der Waals surface area contributed by atoms with Gasteiger partial charge >= 0.3 is 0 Å². The Morgan fingerprint density at radius 2 is 2.12 bits per heavy atom. The molecule has 0 saturated heterocycles. The van der Waals surface area contributed by atoms with Gasteiger partial charge in [0.1, 0.15) is 17.1 Å². The molecule has 0 radical (unpaired) electrons. The predicted molar refractivity (Wildman–Crippen MR) is 69.3 cm³/mol. The van der Waals surface area contributed by atoms with Gasteiger partial charge in [-0.2, -0.15) is 0 Å². The fraction of sp³-hybridized carbons (Fsp3) is 0.462. The van der Waals surface area contributed by atoms with E-state index >= 15 is 0 Å². The highest BCUT2D eigenvalue weighted by Crippen LogP contribution is 2.29. The zero-order valence-electron chi connectivity index (χ0n) is 10.8. The zero-order chi connectivity index (χ0) is 12.6. The highest BCUT2D eigenvalue weighted by atomic mass is 16.5. The minimum absolute atomic E-state index is 0.140. The van der Waals surface area contributed by atoms with Crippen LogP contribution in [-0.2, 0) is 12.5 Å². The topological polar surface area (TPSA) is 53.1 Å². The van der Waals surface area contributed by atoms with Gasteiger partial charge in [0.05, 0.1) is 12.6 Å². The molecule has 1 heterocycles. The van der Waals surface area contributed by atoms with E-state index in [2.05, 4.69) is 23.4 Å². The molecule has 0 aliphatic rings. The smallest absolute Gasteiger partial charge is 0.146 e. The van der Waals surface area contributed by atoms with Crippen molar-refractivity contribution in [1.29, 1.82) is 0 Å². The molecule has 0 fully saturated rings. The molecular weight excluding hydrogens is 214 g/mol. The average molecular weight is 233 g/mol. The first-order valence-corrected chi connectivity index (χ1v) is 5.71. The quantitative estimate of drug-likeness (QED) is 0.879. The maximum atomic E-state index is 5.82. The minimum atomic E-state index is -0.140. The van der Waals surface area contributed by atoms with Crippen LogP contribution in [0.1, 0.15) is 19.7 Å². The summed E-state index contributed by atoms with van der Waals surface area (Å²) in [5.74, 6) is 1.79. The number of aromatic nitrogens is 2. The van der Waals surface area contributed by atoms with E-state index in [1.807, 2.05) is 25.2 Å². The highest BCUT2D eigenvalue weighted by Gasteiger charge is 2.25. The summed E-state index contributed by atoms with van der Waals surface area (Å²) >= 11 is 0. The summed E-state index contributed by atoms with van der Waals surface area (Å²) in [5.41, 5.74) is 7.64. The third kappa shape index (κ3) is 1.78. The average Bonchev–Trinajstić information content (AvgIpc) is 2.68. The van der Waals surface area contributed by atoms with Crippen molar-refractivity contribution in [3.05, 3.63) is 24.0 Å². The van der Waals surface area contributed by atoms with Crippen LogP contribution in [0.15, 0.2) is 18.2 Å². The largest absolute Gasteiger partial charge is 0.494 e. The SMILES string of the molecule is COc1cccc2c1nc(C(C)(C)CN)n2C. The summed E-state index contributed by atoms with van der Waals surface area (Å²) in [6, 6.07) is 5.94. The number of nitrogens with zero attached hydrogens (tertiary/aromatic N) is 2. The molecule has 0 unspecified atom stereocenters. The molecule has 0 saturated carbocycles. The molecule has 0 spiro atoms. The van der Waals surface area contributed by atoms with E-state index in [4.69, 9.17) is 10.5 Å². The number of methoxy groups -OCH3 is 1. The van der Waals surface area contributed by atoms with Gasteiger partial charge in [0.15, 0.2) is 0 Å². The standard InChI is InChI=1S/C13H19N3O/c1-13(2,8-14)12-15-11-9(16(12)3)6-5-7-10(11)17-4/h5-7H,8,14H2,1-4H3. The molecule has 1 aromatic heterocycles. The van der Waals surface area contributed by atoms with E-state index in [9.17, 15) is 0 Å². The number of hydrogen-bond donors (Lipinski definition) is 1. The van der Waals surface area contributed by atoms with Crippen LogP contribution in [0.4, 0.5) is 0 Å². The maximum Gasteiger partial charge on any atom is 0.146 e. The van der Waals surface area contributed by atoms with Gasteiger partial charge in [-0.15, -0.1) is 0 Å². The monoisotopic (exact) mass is 233 g/mol. The van der Waals surface area contributed by atoms with Crippen molar-refractivity contribution in [3.63, 3.8) is 0 Å². The lowest BCUT2D eigenvalue weighted by atomic mass is 9.93. The lowest BCUT2D eigenvalue weighted by Gasteiger charge is -2.21. The number of benzene rings is 1. The lowest BCUT2D eigenvalue weighted by molar-refractivity contribution is 0.418. The van der Waals surface area contributed by atoms with Crippen LogP contribution in [0.2, 0.25) is 0 Å². The minimum Gasteiger partial charge on any atom is -0.494 e. The number of rotatable bonds is 3. The van der Waals surface area contributed by atoms with Gasteiger partial charge in [0, 0.05) is 19.0 Å². The molecule has 0 atom stereocenters. The van der Waals surface area contributed by atoms with Crippen LogP contribution in [-0.4, -0.2) is 23.2 Å². The van der Waals surface area contributed by atoms with E-state index in [1.165, 1.54) is 0 Å². The normalized spacial score (nSPS) is 12.1. The predicted octanol–water partition coefficient (Wildman–Crippen LogP) is 1.82. The molecule has 0 aliphatic heterocycles. The van der Waals surface area contributed by atoms with Crippen molar-refractivity contribution in [1.82, 2.24) is 9.55 Å². The van der Waals surface area contributed by atoms with Crippen molar-refractivity contribution in [3.8, 4) is 5.75 Å². The Hall–Kier alpha value is -1.55. The Kier molecular flexibility index (Phi) is 2.83. The Bertz CT molecular complexity index is 543. The van der Waals surface area contributed by atoms with Gasteiger partial charge in [0.2, 0.25) is 0 Å². The van der Waals surface area contributed by atoms with Gasteiger partial charge in [0.25, 0.3) is 0 Å². The van der Waals surface area contributed by atoms with Crippen molar-refractivity contribution in [2.24, 2.45) is 12.8 Å². The summed E-state index contributed by atoms with van der Waals surface area (Å²) in [7, 11) is 3.68. The van der Waals surface area contributed by atoms with Crippen LogP contribution in [0.25, 0.3) is 11.0 Å². The van der Waals surface area contributed by atoms with Crippen molar-refractivity contribution in [2.45, 2.75) is 19.3 Å². The van der Waals surface area contributed by atoms with Gasteiger partial charge < -0.3 is 15.0 Å². The molecule has 92 valence electrons. The first-order valence-electron chi connectivity index (χ1n) is 5.71. The number of nitrogens with two attached hydrogens (primary N) is 1. The van der Waals surface area contributed by atoms with Crippen LogP contribution in [0.5, 0.6) is 5.75 Å². The Labute approximate surface area is 101 Å². The second kappa shape index (κ2) is 4.04. The second-order valence-corrected chi connectivity index (χ2v) is 4.91. The molecule has 2 N–H and O–H groups in total. The molecule has 2 aromatic rings. The third-order valence-electron chi connectivity index (χ3n) is 3.21. The first-order chi connectivity index (χ1) is 8.01. The third-order valence-corrected chi connectivity index (χ3v) is 3.21. The molecule has 0 aliphatic carbocycles. The van der Waals surface area contributed by atoms with E-state index in [0.717, 1.165) is 22.6 Å². The van der Waals surface area contributed by atoms with E-state index in [-0.39, 0.29) is 5.41 Å². The lowest BCUT2D eigenvalue weighted by Crippen LogP contribution is -2.31. The van der Waals surface area contributed by atoms with Gasteiger partial charge in [-0.25, -0.2) is 4.98 Å². The summed E-state index contributed by atoms with van der Waals surface area (Å²) in [4.78, 5) is 4.68. The summed E-state index contributed by atoms with van der Waals surface area (Å²) in [6.45, 7) is 4.76. The zero-order valence-corrected chi connectivity index (χ0v) is 10.8. The maximum absolute atomic E-state index is 5.82. The molecule has 4 nitrogen and oxygen atoms in total. The van der Waals surface area contributed by atoms with Crippen molar-refractivity contribution < 1.29 is 4.74 Å². The molecule has 2 rings (SSSR count). The first kappa shape index (κ1) is 11.9. The molecule has 1 aromatic carbocycles. The summed E-state index contributed by atoms with van der Waals surface area (Å²) < 4.78 is 7.42. The van der Waals surface area contributed by atoms with Crippen molar-refractivity contribution >= 4 is 11.0 Å². The highest BCUT2D eigenvalue weighted by molar-refractivity contribution is 5.82. The number of fused-ring (bicyclic) bond motifs is 1. The molecular formula is C13H19N3O. The number of aryl methyl sites for hydroxylation is 1. The van der Waals surface area contributed by atoms with Crippen LogP contribution in [0.3, 0.4) is 0 Å². The van der Waals surface area contributed by atoms with Gasteiger partial charge in [-0.1, -0.05) is 19.9 Å². The summed E-state index contributed by atoms with van der Waals surface area (Å²) in [6.07, 6.45) is 0. The van der Waals surface area contributed by atoms with Crippen LogP contribution in [0, 0.1) is 0 Å². The van der Waals surface area contributed by atoms with Gasteiger partial charge in [-0.3, -0.25) is 0 Å². The van der Waals surface area contributed by atoms with E-state index in [0.29, 0.717) is 6.54 Å². The van der Waals surface area contributed by atoms with Crippen molar-refractivity contribution in [2.75, 3.05) is 13.7 Å². The Balaban J connectivity index is 2.72. The van der Waals surface area contributed by atoms with Gasteiger partial charge in [-0.05, 0) is 12.1 Å². The fourth-order valence-corrected chi connectivity index (χ4v) is 2.05. The Morgan fingerprint density at radius 3 is 2.71 bits per heavy atom. The van der Waals surface area contributed by atoms with E-state index < -0.39 is 0 Å². The number of para-hydroxylation sites is 1.